The summed E-state index contributed by atoms with van der Waals surface area (Å²) >= 11 is 0. The van der Waals surface area contributed by atoms with Crippen LogP contribution >= 0.6 is 0 Å². The minimum atomic E-state index is -2.04. The summed E-state index contributed by atoms with van der Waals surface area (Å²) in [6.07, 6.45) is -3.79. The van der Waals surface area contributed by atoms with Crippen LogP contribution in [0.5, 0.6) is 17.2 Å². The van der Waals surface area contributed by atoms with Crippen LogP contribution in [0, 0.1) is 17.8 Å². The molecule has 3 aromatic carbocycles. The van der Waals surface area contributed by atoms with Crippen LogP contribution in [0.2, 0.25) is 0 Å². The number of aromatic hydroxyl groups is 3. The molecule has 458 valence electrons. The van der Waals surface area contributed by atoms with Crippen LogP contribution in [-0.2, 0) is 76.8 Å². The van der Waals surface area contributed by atoms with Crippen molar-refractivity contribution in [1.82, 2.24) is 42.5 Å². The van der Waals surface area contributed by atoms with Crippen LogP contribution < -0.4 is 54.0 Å². The predicted molar refractivity (Wildman–Crippen MR) is 299 cm³/mol. The van der Waals surface area contributed by atoms with Crippen molar-refractivity contribution < 1.29 is 88.2 Å². The normalized spacial score (nSPS) is 14.4. The minimum absolute atomic E-state index is 0.00361. The molecule has 0 saturated heterocycles. The molecule has 3 aromatic rings. The van der Waals surface area contributed by atoms with Gasteiger partial charge in [-0.3, -0.25) is 52.7 Å². The Morgan fingerprint density at radius 2 is 0.726 bits per heavy atom. The van der Waals surface area contributed by atoms with Crippen molar-refractivity contribution in [3.05, 3.63) is 89.5 Å². The average Bonchev–Trinajstić information content (AvgIpc) is 3.50. The van der Waals surface area contributed by atoms with Crippen LogP contribution in [0.15, 0.2) is 72.8 Å². The van der Waals surface area contributed by atoms with E-state index in [1.54, 1.807) is 26.0 Å². The van der Waals surface area contributed by atoms with Crippen molar-refractivity contribution in [3.8, 4) is 17.2 Å². The van der Waals surface area contributed by atoms with Crippen molar-refractivity contribution in [3.63, 3.8) is 0 Å². The van der Waals surface area contributed by atoms with E-state index < -0.39 is 163 Å². The number of amides is 9. The highest BCUT2D eigenvalue weighted by molar-refractivity contribution is 5.99. The van der Waals surface area contributed by atoms with E-state index in [1.165, 1.54) is 88.4 Å². The molecule has 0 aliphatic heterocycles. The van der Waals surface area contributed by atoms with Crippen LogP contribution in [0.25, 0.3) is 0 Å². The molecule has 9 atom stereocenters. The number of benzene rings is 3. The maximum atomic E-state index is 14.5. The first kappa shape index (κ1) is 68.9. The number of carboxylic acids is 3. The summed E-state index contributed by atoms with van der Waals surface area (Å²) in [5.41, 5.74) is 13.0. The Kier molecular flexibility index (Phi) is 27.0. The molecular formula is C56H76N10O18. The zero-order valence-corrected chi connectivity index (χ0v) is 47.3. The van der Waals surface area contributed by atoms with Crippen LogP contribution in [0.3, 0.4) is 0 Å². The standard InChI is InChI=1S/C56H76N10O18/c1-27(2)21-38(60-48(75)36(57)22-30-7-13-33(67)14-8-30)50(77)62-39(23-31-9-15-34(68)16-10-31)51(78)59-37(19-20-43(58)70)49(76)61-40(24-32-11-17-35(69)18-12-32)53(80)65-46(28(3)4)55(82)64-41(25-44(71)72)52(79)63-42(26-45(73)74)54(81)66-47(29(5)6)56(83)84/h7-18,27-29,36-42,46-47,67-69H,19-26,57H2,1-6H3,(H2,58,70)(H,59,78)(H,60,75)(H,61,76)(H,62,77)(H,63,79)(H,64,82)(H,65,80)(H,66,81)(H,71,72)(H,73,74)(H,83,84)/t36-,37-,38-,39-,40-,41-,42-,46-,47-/m0/s1. The Labute approximate surface area is 483 Å². The molecule has 3 rings (SSSR count). The van der Waals surface area contributed by atoms with E-state index >= 15 is 0 Å². The van der Waals surface area contributed by atoms with Gasteiger partial charge in [-0.05, 0) is 90.1 Å². The lowest BCUT2D eigenvalue weighted by Crippen LogP contribution is -2.61. The molecule has 0 spiro atoms. The highest BCUT2D eigenvalue weighted by atomic mass is 16.4. The maximum absolute atomic E-state index is 14.5. The topological polar surface area (TPSA) is 474 Å². The van der Waals surface area contributed by atoms with Gasteiger partial charge < -0.3 is 84.6 Å². The Hall–Kier alpha value is -9.34. The van der Waals surface area contributed by atoms with Crippen molar-refractivity contribution >= 4 is 71.1 Å². The quantitative estimate of drug-likeness (QED) is 0.0330. The second-order valence-corrected chi connectivity index (χ2v) is 21.2. The number of hydrogen-bond donors (Lipinski definition) is 16. The van der Waals surface area contributed by atoms with Gasteiger partial charge in [-0.25, -0.2) is 4.79 Å². The molecule has 0 heterocycles. The lowest BCUT2D eigenvalue weighted by molar-refractivity contribution is -0.145. The number of nitrogens with two attached hydrogens (primary N) is 2. The predicted octanol–water partition coefficient (Wildman–Crippen LogP) is -1.31. The van der Waals surface area contributed by atoms with E-state index in [0.29, 0.717) is 16.7 Å². The molecule has 0 saturated carbocycles. The third-order valence-electron chi connectivity index (χ3n) is 12.9. The number of carbonyl (C=O) groups excluding carboxylic acids is 9. The van der Waals surface area contributed by atoms with Gasteiger partial charge in [0.25, 0.3) is 0 Å². The van der Waals surface area contributed by atoms with E-state index in [9.17, 15) is 88.2 Å². The fraction of sp³-hybridized carbons (Fsp3) is 0.464. The van der Waals surface area contributed by atoms with Gasteiger partial charge in [0.15, 0.2) is 0 Å². The van der Waals surface area contributed by atoms with Gasteiger partial charge in [0, 0.05) is 19.3 Å². The minimum Gasteiger partial charge on any atom is -0.508 e. The summed E-state index contributed by atoms with van der Waals surface area (Å²) in [6.45, 7) is 9.34. The molecule has 18 N–H and O–H groups in total. The van der Waals surface area contributed by atoms with E-state index in [1.807, 2.05) is 0 Å². The summed E-state index contributed by atoms with van der Waals surface area (Å²) in [6, 6.07) is 2.37. The van der Waals surface area contributed by atoms with Gasteiger partial charge in [0.05, 0.1) is 18.9 Å². The molecule has 0 aromatic heterocycles. The zero-order valence-electron chi connectivity index (χ0n) is 47.3. The smallest absolute Gasteiger partial charge is 0.326 e. The van der Waals surface area contributed by atoms with E-state index in [0.717, 1.165) is 0 Å². The molecule has 0 unspecified atom stereocenters. The van der Waals surface area contributed by atoms with Crippen LogP contribution in [0.1, 0.15) is 90.3 Å². The third kappa shape index (κ3) is 23.6. The fourth-order valence-corrected chi connectivity index (χ4v) is 8.34. The van der Waals surface area contributed by atoms with Crippen LogP contribution in [0.4, 0.5) is 0 Å². The molecule has 28 heteroatoms. The van der Waals surface area contributed by atoms with E-state index in [-0.39, 0.29) is 48.8 Å². The number of carboxylic acid groups (broad SMARTS) is 3. The largest absolute Gasteiger partial charge is 0.508 e. The van der Waals surface area contributed by atoms with Gasteiger partial charge in [-0.2, -0.15) is 0 Å². The number of rotatable bonds is 34. The van der Waals surface area contributed by atoms with Gasteiger partial charge >= 0.3 is 17.9 Å². The molecule has 9 amide bonds. The Morgan fingerprint density at radius 3 is 1.12 bits per heavy atom. The van der Waals surface area contributed by atoms with Gasteiger partial charge in [-0.1, -0.05) is 77.9 Å². The summed E-state index contributed by atoms with van der Waals surface area (Å²) in [5, 5.41) is 77.7. The van der Waals surface area contributed by atoms with Gasteiger partial charge in [0.1, 0.15) is 65.6 Å². The first-order valence-electron chi connectivity index (χ1n) is 26.8. The van der Waals surface area contributed by atoms with Crippen molar-refractivity contribution in [2.24, 2.45) is 29.2 Å². The van der Waals surface area contributed by atoms with Gasteiger partial charge in [-0.15, -0.1) is 0 Å². The van der Waals surface area contributed by atoms with E-state index in [4.69, 9.17) is 11.5 Å². The summed E-state index contributed by atoms with van der Waals surface area (Å²) in [4.78, 5) is 160. The lowest BCUT2D eigenvalue weighted by atomic mass is 9.99. The second-order valence-electron chi connectivity index (χ2n) is 21.2. The summed E-state index contributed by atoms with van der Waals surface area (Å²) in [5.74, 6) is -16.3. The molecule has 0 fully saturated rings. The number of phenolic OH excluding ortho intramolecular Hbond substituents is 3. The highest BCUT2D eigenvalue weighted by Gasteiger charge is 2.37. The molecule has 84 heavy (non-hydrogen) atoms. The first-order valence-corrected chi connectivity index (χ1v) is 26.8. The number of phenols is 3. The number of carbonyl (C=O) groups is 12. The Balaban J connectivity index is 1.99. The number of primary amides is 1. The molecular weight excluding hydrogens is 1100 g/mol. The van der Waals surface area contributed by atoms with Crippen molar-refractivity contribution in [1.29, 1.82) is 0 Å². The Bertz CT molecular complexity index is 2810. The summed E-state index contributed by atoms with van der Waals surface area (Å²) in [7, 11) is 0. The lowest BCUT2D eigenvalue weighted by Gasteiger charge is -2.29. The van der Waals surface area contributed by atoms with E-state index in [2.05, 4.69) is 42.5 Å². The second kappa shape index (κ2) is 32.9. The first-order chi connectivity index (χ1) is 39.3. The zero-order chi connectivity index (χ0) is 63.1. The maximum Gasteiger partial charge on any atom is 0.326 e. The Morgan fingerprint density at radius 1 is 0.405 bits per heavy atom. The molecule has 0 aliphatic carbocycles. The molecule has 0 radical (unpaired) electrons. The third-order valence-corrected chi connectivity index (χ3v) is 12.9. The molecule has 0 aliphatic rings. The molecule has 28 nitrogen and oxygen atoms in total. The number of hydrogen-bond acceptors (Lipinski definition) is 16. The number of nitrogens with one attached hydrogen (secondary N) is 8. The van der Waals surface area contributed by atoms with Gasteiger partial charge in [0.2, 0.25) is 53.2 Å². The monoisotopic (exact) mass is 1180 g/mol. The average molecular weight is 1180 g/mol. The van der Waals surface area contributed by atoms with Crippen molar-refractivity contribution in [2.45, 2.75) is 147 Å². The fourth-order valence-electron chi connectivity index (χ4n) is 8.34. The van der Waals surface area contributed by atoms with Crippen LogP contribution in [-0.4, -0.2) is 156 Å². The van der Waals surface area contributed by atoms with Crippen molar-refractivity contribution in [2.75, 3.05) is 0 Å². The highest BCUT2D eigenvalue weighted by Crippen LogP contribution is 2.17. The molecule has 0 bridgehead atoms. The number of aliphatic carboxylic acids is 3. The SMILES string of the molecule is CC(C)C[C@H](NC(=O)[C@@H](N)Cc1ccc(O)cc1)C(=O)N[C@@H](Cc1ccc(O)cc1)C(=O)N[C@@H](CCC(N)=O)C(=O)N[C@@H](Cc1ccc(O)cc1)C(=O)N[C@H](C(=O)N[C@@H](CC(=O)O)C(=O)N[C@@H](CC(=O)O)C(=O)N[C@H](C(=O)O)C(C)C)C(C)C. The summed E-state index contributed by atoms with van der Waals surface area (Å²) < 4.78 is 0.